The summed E-state index contributed by atoms with van der Waals surface area (Å²) in [6.07, 6.45) is 0.923. The lowest BCUT2D eigenvalue weighted by molar-refractivity contribution is 0.0693. The number of nitrogens with zero attached hydrogens (tertiary/aromatic N) is 2. The topological polar surface area (TPSA) is 61.0 Å². The van der Waals surface area contributed by atoms with Crippen LogP contribution in [0.4, 0.5) is 5.82 Å². The minimum absolute atomic E-state index is 0.00559. The van der Waals surface area contributed by atoms with E-state index in [4.69, 9.17) is 10.5 Å². The fraction of sp³-hybridized carbons (Fsp3) is 0.667. The average molecular weight is 379 g/mol. The van der Waals surface area contributed by atoms with Gasteiger partial charge in [-0.05, 0) is 34.9 Å². The van der Waals surface area contributed by atoms with Crippen LogP contribution >= 0.6 is 34.4 Å². The molecule has 2 heterocycles. The van der Waals surface area contributed by atoms with Gasteiger partial charge in [-0.2, -0.15) is 11.8 Å². The second kappa shape index (κ2) is 6.38. The third kappa shape index (κ3) is 3.48. The van der Waals surface area contributed by atoms with Crippen molar-refractivity contribution in [3.05, 3.63) is 15.1 Å². The first-order chi connectivity index (χ1) is 8.58. The van der Waals surface area contributed by atoms with Crippen LogP contribution in [0.3, 0.4) is 0 Å². The molecule has 4 nitrogen and oxygen atoms in total. The highest BCUT2D eigenvalue weighted by Crippen LogP contribution is 2.27. The van der Waals surface area contributed by atoms with Gasteiger partial charge in [-0.1, -0.05) is 13.8 Å². The number of hydrogen-bond acceptors (Lipinski definition) is 5. The molecule has 1 unspecified atom stereocenters. The van der Waals surface area contributed by atoms with Crippen LogP contribution in [0.1, 0.15) is 31.5 Å². The Balaban J connectivity index is 2.27. The molecule has 0 bridgehead atoms. The summed E-state index contributed by atoms with van der Waals surface area (Å²) in [5.41, 5.74) is 7.03. The molecule has 1 aromatic heterocycles. The predicted octanol–water partition coefficient (Wildman–Crippen LogP) is 2.67. The normalized spacial score (nSPS) is 20.3. The zero-order valence-electron chi connectivity index (χ0n) is 10.6. The zero-order chi connectivity index (χ0) is 13.1. The van der Waals surface area contributed by atoms with Crippen LogP contribution < -0.4 is 5.73 Å². The molecule has 2 rings (SSSR count). The number of nitrogens with two attached hydrogens (primary N) is 1. The Hall–Kier alpha value is -0.0800. The van der Waals surface area contributed by atoms with Crippen LogP contribution in [0.15, 0.2) is 0 Å². The minimum atomic E-state index is -0.00559. The van der Waals surface area contributed by atoms with E-state index in [1.807, 2.05) is 11.8 Å². The molecule has 0 aromatic carbocycles. The van der Waals surface area contributed by atoms with E-state index in [1.54, 1.807) is 0 Å². The molecule has 1 aromatic rings. The van der Waals surface area contributed by atoms with Gasteiger partial charge in [0.15, 0.2) is 5.82 Å². The molecule has 2 N–H and O–H groups in total. The first-order valence-electron chi connectivity index (χ1n) is 6.09. The van der Waals surface area contributed by atoms with E-state index >= 15 is 0 Å². The lowest BCUT2D eigenvalue weighted by atomic mass is 10.1. The first kappa shape index (κ1) is 14.3. The maximum atomic E-state index is 5.98. The summed E-state index contributed by atoms with van der Waals surface area (Å²) in [6, 6.07) is 0. The van der Waals surface area contributed by atoms with Crippen molar-refractivity contribution in [1.29, 1.82) is 0 Å². The number of thioether (sulfide) groups is 1. The molecule has 0 radical (unpaired) electrons. The SMILES string of the molecule is CC(C)Cc1nc(C2CSCCO2)nc(N)c1I. The largest absolute Gasteiger partial charge is 0.383 e. The molecule has 1 aliphatic heterocycles. The number of halogens is 1. The quantitative estimate of drug-likeness (QED) is 0.819. The van der Waals surface area contributed by atoms with Gasteiger partial charge >= 0.3 is 0 Å². The number of nitrogen functional groups attached to an aromatic ring is 1. The van der Waals surface area contributed by atoms with Gasteiger partial charge in [-0.25, -0.2) is 9.97 Å². The lowest BCUT2D eigenvalue weighted by Crippen LogP contribution is -2.20. The van der Waals surface area contributed by atoms with Crippen LogP contribution in [-0.2, 0) is 11.2 Å². The van der Waals surface area contributed by atoms with E-state index < -0.39 is 0 Å². The van der Waals surface area contributed by atoms with E-state index in [0.717, 1.165) is 39.6 Å². The van der Waals surface area contributed by atoms with Gasteiger partial charge in [0, 0.05) is 11.5 Å². The zero-order valence-corrected chi connectivity index (χ0v) is 13.6. The standard InChI is InChI=1S/C12H18IN3OS/c1-7(2)5-8-10(13)11(14)16-12(15-8)9-6-18-4-3-17-9/h7,9H,3-6H2,1-2H3,(H2,14,15,16). The fourth-order valence-electron chi connectivity index (χ4n) is 1.84. The number of anilines is 1. The Morgan fingerprint density at radius 3 is 2.89 bits per heavy atom. The van der Waals surface area contributed by atoms with Gasteiger partial charge in [0.05, 0.1) is 15.9 Å². The molecule has 0 spiro atoms. The number of ether oxygens (including phenoxy) is 1. The van der Waals surface area contributed by atoms with E-state index in [-0.39, 0.29) is 6.10 Å². The van der Waals surface area contributed by atoms with Crippen LogP contribution in [0, 0.1) is 9.49 Å². The van der Waals surface area contributed by atoms with Crippen molar-refractivity contribution in [2.24, 2.45) is 5.92 Å². The summed E-state index contributed by atoms with van der Waals surface area (Å²) in [7, 11) is 0. The van der Waals surface area contributed by atoms with Crippen molar-refractivity contribution < 1.29 is 4.74 Å². The van der Waals surface area contributed by atoms with Crippen molar-refractivity contribution in [2.75, 3.05) is 23.8 Å². The Labute approximate surface area is 126 Å². The Kier molecular flexibility index (Phi) is 5.08. The highest BCUT2D eigenvalue weighted by atomic mass is 127. The molecule has 1 fully saturated rings. The molecule has 1 atom stereocenters. The van der Waals surface area contributed by atoms with Gasteiger partial charge in [0.1, 0.15) is 11.9 Å². The highest BCUT2D eigenvalue weighted by Gasteiger charge is 2.22. The van der Waals surface area contributed by atoms with Gasteiger partial charge in [-0.15, -0.1) is 0 Å². The third-order valence-electron chi connectivity index (χ3n) is 2.67. The lowest BCUT2D eigenvalue weighted by Gasteiger charge is -2.22. The number of hydrogen-bond donors (Lipinski definition) is 1. The molecule has 0 saturated carbocycles. The number of aromatic nitrogens is 2. The Morgan fingerprint density at radius 1 is 1.50 bits per heavy atom. The van der Waals surface area contributed by atoms with Crippen molar-refractivity contribution in [1.82, 2.24) is 9.97 Å². The molecule has 100 valence electrons. The molecule has 1 aliphatic rings. The molecule has 0 aliphatic carbocycles. The van der Waals surface area contributed by atoms with Gasteiger partial charge in [0.2, 0.25) is 0 Å². The summed E-state index contributed by atoms with van der Waals surface area (Å²) in [4.78, 5) is 9.05. The maximum absolute atomic E-state index is 5.98. The first-order valence-corrected chi connectivity index (χ1v) is 8.32. The van der Waals surface area contributed by atoms with Crippen LogP contribution in [-0.4, -0.2) is 28.1 Å². The summed E-state index contributed by atoms with van der Waals surface area (Å²) < 4.78 is 6.70. The molecule has 1 saturated heterocycles. The molecule has 0 amide bonds. The van der Waals surface area contributed by atoms with Crippen molar-refractivity contribution in [2.45, 2.75) is 26.4 Å². The molecular formula is C12H18IN3OS. The van der Waals surface area contributed by atoms with E-state index in [1.165, 1.54) is 0 Å². The molecule has 18 heavy (non-hydrogen) atoms. The summed E-state index contributed by atoms with van der Waals surface area (Å²) >= 11 is 4.11. The second-order valence-electron chi connectivity index (χ2n) is 4.76. The van der Waals surface area contributed by atoms with E-state index in [2.05, 4.69) is 46.4 Å². The highest BCUT2D eigenvalue weighted by molar-refractivity contribution is 14.1. The maximum Gasteiger partial charge on any atom is 0.160 e. The van der Waals surface area contributed by atoms with Gasteiger partial charge in [-0.3, -0.25) is 0 Å². The Bertz CT molecular complexity index is 422. The predicted molar refractivity (Wildman–Crippen MR) is 83.7 cm³/mol. The Morgan fingerprint density at radius 2 is 2.28 bits per heavy atom. The molecule has 6 heteroatoms. The van der Waals surface area contributed by atoms with Gasteiger partial charge in [0.25, 0.3) is 0 Å². The van der Waals surface area contributed by atoms with Crippen LogP contribution in [0.5, 0.6) is 0 Å². The average Bonchev–Trinajstić information content (AvgIpc) is 2.35. The van der Waals surface area contributed by atoms with Crippen molar-refractivity contribution >= 4 is 40.2 Å². The smallest absolute Gasteiger partial charge is 0.160 e. The van der Waals surface area contributed by atoms with E-state index in [9.17, 15) is 0 Å². The van der Waals surface area contributed by atoms with Crippen LogP contribution in [0.2, 0.25) is 0 Å². The fourth-order valence-corrected chi connectivity index (χ4v) is 3.14. The van der Waals surface area contributed by atoms with E-state index in [0.29, 0.717) is 11.7 Å². The second-order valence-corrected chi connectivity index (χ2v) is 6.99. The van der Waals surface area contributed by atoms with Crippen LogP contribution in [0.25, 0.3) is 0 Å². The molecular weight excluding hydrogens is 361 g/mol. The number of rotatable bonds is 3. The minimum Gasteiger partial charge on any atom is -0.383 e. The van der Waals surface area contributed by atoms with Crippen molar-refractivity contribution in [3.63, 3.8) is 0 Å². The summed E-state index contributed by atoms with van der Waals surface area (Å²) in [5.74, 6) is 3.85. The van der Waals surface area contributed by atoms with Gasteiger partial charge < -0.3 is 10.5 Å². The summed E-state index contributed by atoms with van der Waals surface area (Å²) in [6.45, 7) is 5.13. The third-order valence-corrected chi connectivity index (χ3v) is 4.84. The summed E-state index contributed by atoms with van der Waals surface area (Å²) in [5, 5.41) is 0. The monoisotopic (exact) mass is 379 g/mol. The van der Waals surface area contributed by atoms with Crippen molar-refractivity contribution in [3.8, 4) is 0 Å².